The van der Waals surface area contributed by atoms with Crippen molar-refractivity contribution < 1.29 is 13.2 Å². The molecular weight excluding hydrogens is 314 g/mol. The van der Waals surface area contributed by atoms with Crippen molar-refractivity contribution in [3.8, 4) is 0 Å². The van der Waals surface area contributed by atoms with Gasteiger partial charge in [0.1, 0.15) is 0 Å². The van der Waals surface area contributed by atoms with E-state index in [9.17, 15) is 13.2 Å². The fourth-order valence-electron chi connectivity index (χ4n) is 2.47. The van der Waals surface area contributed by atoms with E-state index in [-0.39, 0.29) is 35.5 Å². The van der Waals surface area contributed by atoms with Gasteiger partial charge in [0.2, 0.25) is 15.9 Å². The third-order valence-electron chi connectivity index (χ3n) is 3.77. The topological polar surface area (TPSA) is 106 Å². The third-order valence-corrected chi connectivity index (χ3v) is 6.14. The number of benzene rings is 1. The molecule has 116 valence electrons. The number of primary amides is 1. The van der Waals surface area contributed by atoms with E-state index in [0.717, 1.165) is 0 Å². The average molecular weight is 332 g/mol. The van der Waals surface area contributed by atoms with E-state index in [1.54, 1.807) is 13.0 Å². The number of anilines is 1. The Morgan fingerprint density at radius 2 is 1.90 bits per heavy atom. The summed E-state index contributed by atoms with van der Waals surface area (Å²) < 4.78 is 26.7. The lowest BCUT2D eigenvalue weighted by Crippen LogP contribution is -2.41. The number of sulfonamides is 1. The molecule has 1 fully saturated rings. The molecule has 1 heterocycles. The second-order valence-electron chi connectivity index (χ2n) is 5.22. The Morgan fingerprint density at radius 3 is 2.43 bits per heavy atom. The summed E-state index contributed by atoms with van der Waals surface area (Å²) in [5.41, 5.74) is 11.7. The first-order valence-electron chi connectivity index (χ1n) is 6.58. The van der Waals surface area contributed by atoms with Crippen molar-refractivity contribution in [3.63, 3.8) is 0 Å². The van der Waals surface area contributed by atoms with Gasteiger partial charge in [0.15, 0.2) is 0 Å². The van der Waals surface area contributed by atoms with Crippen molar-refractivity contribution in [2.75, 3.05) is 18.8 Å². The van der Waals surface area contributed by atoms with Gasteiger partial charge >= 0.3 is 0 Å². The van der Waals surface area contributed by atoms with Crippen LogP contribution in [0.4, 0.5) is 5.69 Å². The maximum absolute atomic E-state index is 12.7. The normalized spacial score (nSPS) is 17.8. The van der Waals surface area contributed by atoms with Gasteiger partial charge < -0.3 is 11.5 Å². The number of nitrogens with zero attached hydrogens (tertiary/aromatic N) is 1. The fourth-order valence-corrected chi connectivity index (χ4v) is 4.40. The molecule has 1 amide bonds. The summed E-state index contributed by atoms with van der Waals surface area (Å²) >= 11 is 5.89. The molecule has 21 heavy (non-hydrogen) atoms. The highest BCUT2D eigenvalue weighted by Crippen LogP contribution is 2.30. The van der Waals surface area contributed by atoms with E-state index < -0.39 is 10.0 Å². The first kappa shape index (κ1) is 16.1. The molecule has 1 aliphatic heterocycles. The third kappa shape index (κ3) is 3.14. The highest BCUT2D eigenvalue weighted by atomic mass is 35.5. The minimum absolute atomic E-state index is 0.155. The molecular formula is C13H18ClN3O3S. The number of carbonyl (C=O) groups is 1. The van der Waals surface area contributed by atoms with Crippen LogP contribution in [0.15, 0.2) is 17.0 Å². The minimum Gasteiger partial charge on any atom is -0.397 e. The summed E-state index contributed by atoms with van der Waals surface area (Å²) in [6.45, 7) is 2.23. The number of hydrogen-bond acceptors (Lipinski definition) is 4. The molecule has 1 aromatic rings. The molecule has 0 saturated carbocycles. The molecule has 1 aliphatic rings. The number of hydrogen-bond donors (Lipinski definition) is 2. The standard InChI is InChI=1S/C13H18ClN3O3S/c1-8-6-10(14)11(15)7-12(8)21(19,20)17-4-2-9(3-5-17)13(16)18/h6-7,9H,2-5,15H2,1H3,(H2,16,18). The molecule has 0 radical (unpaired) electrons. The quantitative estimate of drug-likeness (QED) is 0.809. The van der Waals surface area contributed by atoms with Crippen LogP contribution in [-0.2, 0) is 14.8 Å². The van der Waals surface area contributed by atoms with E-state index in [1.165, 1.54) is 10.4 Å². The van der Waals surface area contributed by atoms with Gasteiger partial charge in [-0.05, 0) is 37.5 Å². The Labute approximate surface area is 129 Å². The molecule has 0 aliphatic carbocycles. The Balaban J connectivity index is 2.28. The van der Waals surface area contributed by atoms with Gasteiger partial charge in [-0.1, -0.05) is 11.6 Å². The second kappa shape index (κ2) is 5.82. The SMILES string of the molecule is Cc1cc(Cl)c(N)cc1S(=O)(=O)N1CCC(C(N)=O)CC1. The summed E-state index contributed by atoms with van der Waals surface area (Å²) in [7, 11) is -3.64. The number of halogens is 1. The maximum atomic E-state index is 12.7. The van der Waals surface area contributed by atoms with Crippen LogP contribution in [0.5, 0.6) is 0 Å². The summed E-state index contributed by atoms with van der Waals surface area (Å²) in [6, 6.07) is 2.92. The Hall–Kier alpha value is -1.31. The first-order valence-corrected chi connectivity index (χ1v) is 8.40. The van der Waals surface area contributed by atoms with Crippen molar-refractivity contribution in [1.82, 2.24) is 4.31 Å². The van der Waals surface area contributed by atoms with Crippen LogP contribution in [0.3, 0.4) is 0 Å². The zero-order valence-corrected chi connectivity index (χ0v) is 13.2. The highest BCUT2D eigenvalue weighted by Gasteiger charge is 2.32. The second-order valence-corrected chi connectivity index (χ2v) is 7.53. The zero-order valence-electron chi connectivity index (χ0n) is 11.7. The molecule has 4 N–H and O–H groups in total. The van der Waals surface area contributed by atoms with Crippen molar-refractivity contribution in [1.29, 1.82) is 0 Å². The number of rotatable bonds is 3. The van der Waals surface area contributed by atoms with E-state index in [0.29, 0.717) is 23.4 Å². The molecule has 8 heteroatoms. The van der Waals surface area contributed by atoms with E-state index >= 15 is 0 Å². The largest absolute Gasteiger partial charge is 0.397 e. The van der Waals surface area contributed by atoms with Crippen molar-refractivity contribution in [2.24, 2.45) is 11.7 Å². The lowest BCUT2D eigenvalue weighted by atomic mass is 9.98. The van der Waals surface area contributed by atoms with Gasteiger partial charge in [-0.15, -0.1) is 0 Å². The van der Waals surface area contributed by atoms with Gasteiger partial charge in [-0.25, -0.2) is 8.42 Å². The van der Waals surface area contributed by atoms with Crippen LogP contribution in [0.2, 0.25) is 5.02 Å². The van der Waals surface area contributed by atoms with Crippen molar-refractivity contribution in [2.45, 2.75) is 24.7 Å². The van der Waals surface area contributed by atoms with Gasteiger partial charge in [0.25, 0.3) is 0 Å². The Bertz CT molecular complexity index is 667. The molecule has 0 unspecified atom stereocenters. The number of carbonyl (C=O) groups excluding carboxylic acids is 1. The maximum Gasteiger partial charge on any atom is 0.243 e. The van der Waals surface area contributed by atoms with Crippen LogP contribution in [0, 0.1) is 12.8 Å². The summed E-state index contributed by atoms with van der Waals surface area (Å²) in [6.07, 6.45) is 0.882. The van der Waals surface area contributed by atoms with Crippen molar-refractivity contribution in [3.05, 3.63) is 22.7 Å². The summed E-state index contributed by atoms with van der Waals surface area (Å²) in [5, 5.41) is 0.332. The molecule has 0 atom stereocenters. The van der Waals surface area contributed by atoms with Gasteiger partial charge in [-0.2, -0.15) is 4.31 Å². The van der Waals surface area contributed by atoms with E-state index in [1.807, 2.05) is 0 Å². The molecule has 1 aromatic carbocycles. The number of nitrogen functional groups attached to an aromatic ring is 1. The first-order chi connectivity index (χ1) is 9.73. The molecule has 2 rings (SSSR count). The minimum atomic E-state index is -3.64. The summed E-state index contributed by atoms with van der Waals surface area (Å²) in [5.74, 6) is -0.633. The Morgan fingerprint density at radius 1 is 1.33 bits per heavy atom. The van der Waals surface area contributed by atoms with E-state index in [2.05, 4.69) is 0 Å². The van der Waals surface area contributed by atoms with Crippen LogP contribution >= 0.6 is 11.6 Å². The molecule has 0 aromatic heterocycles. The van der Waals surface area contributed by atoms with Gasteiger partial charge in [-0.3, -0.25) is 4.79 Å². The molecule has 6 nitrogen and oxygen atoms in total. The summed E-state index contributed by atoms with van der Waals surface area (Å²) in [4.78, 5) is 11.3. The van der Waals surface area contributed by atoms with Crippen LogP contribution in [0.25, 0.3) is 0 Å². The molecule has 0 bridgehead atoms. The predicted molar refractivity (Wildman–Crippen MR) is 81.3 cm³/mol. The lowest BCUT2D eigenvalue weighted by Gasteiger charge is -2.30. The molecule has 0 spiro atoms. The Kier molecular flexibility index (Phi) is 4.46. The number of nitrogens with two attached hydrogens (primary N) is 2. The molecule has 1 saturated heterocycles. The lowest BCUT2D eigenvalue weighted by molar-refractivity contribution is -0.122. The number of piperidine rings is 1. The van der Waals surface area contributed by atoms with Crippen LogP contribution < -0.4 is 11.5 Å². The van der Waals surface area contributed by atoms with Crippen LogP contribution in [-0.4, -0.2) is 31.7 Å². The average Bonchev–Trinajstić information content (AvgIpc) is 2.42. The predicted octanol–water partition coefficient (Wildman–Crippen LogP) is 1.12. The van der Waals surface area contributed by atoms with Crippen LogP contribution in [0.1, 0.15) is 18.4 Å². The number of aryl methyl sites for hydroxylation is 1. The van der Waals surface area contributed by atoms with Gasteiger partial charge in [0.05, 0.1) is 15.6 Å². The smallest absolute Gasteiger partial charge is 0.243 e. The van der Waals surface area contributed by atoms with E-state index in [4.69, 9.17) is 23.1 Å². The van der Waals surface area contributed by atoms with Gasteiger partial charge in [0, 0.05) is 19.0 Å². The zero-order chi connectivity index (χ0) is 15.8. The monoisotopic (exact) mass is 331 g/mol. The highest BCUT2D eigenvalue weighted by molar-refractivity contribution is 7.89. The fraction of sp³-hybridized carbons (Fsp3) is 0.462. The van der Waals surface area contributed by atoms with Crippen molar-refractivity contribution >= 4 is 33.2 Å². The number of amides is 1.